The van der Waals surface area contributed by atoms with E-state index >= 15 is 0 Å². The SMILES string of the molecule is COc1ccc(-c2cc(=O)n3ncc(-c4ccccn4)c3[nH]2)c(OC)c1. The zero-order valence-corrected chi connectivity index (χ0v) is 14.3. The van der Waals surface area contributed by atoms with Gasteiger partial charge in [-0.1, -0.05) is 6.07 Å². The van der Waals surface area contributed by atoms with Crippen LogP contribution in [-0.4, -0.2) is 33.8 Å². The third-order valence-electron chi connectivity index (χ3n) is 4.14. The van der Waals surface area contributed by atoms with E-state index in [0.717, 1.165) is 16.8 Å². The fourth-order valence-corrected chi connectivity index (χ4v) is 2.86. The molecule has 3 aromatic heterocycles. The highest BCUT2D eigenvalue weighted by molar-refractivity contribution is 5.77. The lowest BCUT2D eigenvalue weighted by atomic mass is 10.1. The monoisotopic (exact) mass is 348 g/mol. The van der Waals surface area contributed by atoms with E-state index < -0.39 is 0 Å². The molecule has 0 aliphatic carbocycles. The molecule has 130 valence electrons. The van der Waals surface area contributed by atoms with Crippen LogP contribution in [0.5, 0.6) is 11.5 Å². The van der Waals surface area contributed by atoms with Gasteiger partial charge in [-0.3, -0.25) is 9.78 Å². The van der Waals surface area contributed by atoms with E-state index in [4.69, 9.17) is 9.47 Å². The van der Waals surface area contributed by atoms with Crippen LogP contribution in [0, 0.1) is 0 Å². The predicted octanol–water partition coefficient (Wildman–Crippen LogP) is 2.77. The van der Waals surface area contributed by atoms with E-state index in [1.54, 1.807) is 32.7 Å². The Labute approximate surface area is 148 Å². The lowest BCUT2D eigenvalue weighted by molar-refractivity contribution is 0.395. The Morgan fingerprint density at radius 1 is 1.04 bits per heavy atom. The number of pyridine rings is 1. The van der Waals surface area contributed by atoms with Gasteiger partial charge in [-0.25, -0.2) is 0 Å². The van der Waals surface area contributed by atoms with Gasteiger partial charge in [0.25, 0.3) is 5.56 Å². The molecule has 0 saturated carbocycles. The van der Waals surface area contributed by atoms with Crippen molar-refractivity contribution in [1.82, 2.24) is 19.6 Å². The van der Waals surface area contributed by atoms with Crippen molar-refractivity contribution in [3.8, 4) is 34.0 Å². The van der Waals surface area contributed by atoms with Gasteiger partial charge >= 0.3 is 0 Å². The summed E-state index contributed by atoms with van der Waals surface area (Å²) in [5.41, 5.74) is 3.19. The number of aromatic amines is 1. The summed E-state index contributed by atoms with van der Waals surface area (Å²) in [7, 11) is 3.17. The topological polar surface area (TPSA) is 81.5 Å². The Morgan fingerprint density at radius 3 is 2.65 bits per heavy atom. The molecule has 0 radical (unpaired) electrons. The summed E-state index contributed by atoms with van der Waals surface area (Å²) in [4.78, 5) is 20.2. The zero-order valence-electron chi connectivity index (χ0n) is 14.3. The second-order valence-electron chi connectivity index (χ2n) is 5.62. The average molecular weight is 348 g/mol. The molecule has 1 N–H and O–H groups in total. The Balaban J connectivity index is 1.94. The van der Waals surface area contributed by atoms with Crippen LogP contribution in [0.3, 0.4) is 0 Å². The lowest BCUT2D eigenvalue weighted by Crippen LogP contribution is -2.14. The summed E-state index contributed by atoms with van der Waals surface area (Å²) in [5.74, 6) is 1.27. The number of nitrogens with one attached hydrogen (secondary N) is 1. The standard InChI is InChI=1S/C19H16N4O3/c1-25-12-6-7-13(17(9-12)26-2)16-10-18(24)23-19(22-16)14(11-21-23)15-5-3-4-8-20-15/h3-11,22H,1-2H3. The van der Waals surface area contributed by atoms with E-state index in [1.807, 2.05) is 30.3 Å². The van der Waals surface area contributed by atoms with Gasteiger partial charge < -0.3 is 14.5 Å². The van der Waals surface area contributed by atoms with Crippen molar-refractivity contribution in [1.29, 1.82) is 0 Å². The van der Waals surface area contributed by atoms with Crippen molar-refractivity contribution in [2.45, 2.75) is 0 Å². The van der Waals surface area contributed by atoms with Crippen LogP contribution >= 0.6 is 0 Å². The molecular weight excluding hydrogens is 332 g/mol. The number of fused-ring (bicyclic) bond motifs is 1. The van der Waals surface area contributed by atoms with Crippen molar-refractivity contribution >= 4 is 5.65 Å². The Bertz CT molecular complexity index is 1130. The first-order valence-corrected chi connectivity index (χ1v) is 7.96. The first-order valence-electron chi connectivity index (χ1n) is 7.96. The number of aromatic nitrogens is 4. The Hall–Kier alpha value is -3.61. The molecular formula is C19H16N4O3. The van der Waals surface area contributed by atoms with Crippen LogP contribution in [0.4, 0.5) is 0 Å². The van der Waals surface area contributed by atoms with Crippen LogP contribution in [0.15, 0.2) is 59.7 Å². The summed E-state index contributed by atoms with van der Waals surface area (Å²) in [6.45, 7) is 0. The summed E-state index contributed by atoms with van der Waals surface area (Å²) in [6, 6.07) is 12.5. The van der Waals surface area contributed by atoms with Crippen molar-refractivity contribution in [2.75, 3.05) is 14.2 Å². The van der Waals surface area contributed by atoms with Gasteiger partial charge in [-0.15, -0.1) is 0 Å². The number of benzene rings is 1. The quantitative estimate of drug-likeness (QED) is 0.613. The smallest absolute Gasteiger partial charge is 0.274 e. The summed E-state index contributed by atoms with van der Waals surface area (Å²) in [6.07, 6.45) is 3.33. The molecule has 0 fully saturated rings. The summed E-state index contributed by atoms with van der Waals surface area (Å²) < 4.78 is 12.0. The van der Waals surface area contributed by atoms with Gasteiger partial charge in [0.1, 0.15) is 17.1 Å². The van der Waals surface area contributed by atoms with Crippen LogP contribution in [0.2, 0.25) is 0 Å². The number of nitrogens with zero attached hydrogens (tertiary/aromatic N) is 3. The number of H-pyrrole nitrogens is 1. The normalized spacial score (nSPS) is 10.8. The molecule has 0 atom stereocenters. The first-order chi connectivity index (χ1) is 12.7. The van der Waals surface area contributed by atoms with Crippen LogP contribution < -0.4 is 15.0 Å². The van der Waals surface area contributed by atoms with Crippen LogP contribution in [0.1, 0.15) is 0 Å². The van der Waals surface area contributed by atoms with Crippen molar-refractivity contribution in [2.24, 2.45) is 0 Å². The Kier molecular flexibility index (Phi) is 3.89. The summed E-state index contributed by atoms with van der Waals surface area (Å²) in [5, 5.41) is 4.18. The highest BCUT2D eigenvalue weighted by Gasteiger charge is 2.14. The largest absolute Gasteiger partial charge is 0.497 e. The molecule has 0 spiro atoms. The second kappa shape index (κ2) is 6.36. The minimum absolute atomic E-state index is 0.242. The number of hydrogen-bond acceptors (Lipinski definition) is 5. The minimum atomic E-state index is -0.242. The number of methoxy groups -OCH3 is 2. The van der Waals surface area contributed by atoms with Crippen LogP contribution in [0.25, 0.3) is 28.2 Å². The van der Waals surface area contributed by atoms with Gasteiger partial charge in [-0.05, 0) is 24.3 Å². The second-order valence-corrected chi connectivity index (χ2v) is 5.62. The third-order valence-corrected chi connectivity index (χ3v) is 4.14. The maximum Gasteiger partial charge on any atom is 0.274 e. The molecule has 0 unspecified atom stereocenters. The third kappa shape index (κ3) is 2.59. The molecule has 0 aliphatic rings. The van der Waals surface area contributed by atoms with Crippen molar-refractivity contribution in [3.05, 3.63) is 65.2 Å². The van der Waals surface area contributed by atoms with E-state index in [-0.39, 0.29) is 5.56 Å². The molecule has 3 heterocycles. The fourth-order valence-electron chi connectivity index (χ4n) is 2.86. The van der Waals surface area contributed by atoms with Gasteiger partial charge in [0.15, 0.2) is 0 Å². The highest BCUT2D eigenvalue weighted by atomic mass is 16.5. The van der Waals surface area contributed by atoms with Crippen LogP contribution in [-0.2, 0) is 0 Å². The predicted molar refractivity (Wildman–Crippen MR) is 97.6 cm³/mol. The van der Waals surface area contributed by atoms with Crippen molar-refractivity contribution in [3.63, 3.8) is 0 Å². The van der Waals surface area contributed by atoms with Crippen molar-refractivity contribution < 1.29 is 9.47 Å². The van der Waals surface area contributed by atoms with E-state index in [2.05, 4.69) is 15.1 Å². The molecule has 0 amide bonds. The molecule has 0 bridgehead atoms. The maximum atomic E-state index is 12.5. The maximum absolute atomic E-state index is 12.5. The average Bonchev–Trinajstić information content (AvgIpc) is 3.12. The Morgan fingerprint density at radius 2 is 1.92 bits per heavy atom. The molecule has 0 saturated heterocycles. The number of rotatable bonds is 4. The lowest BCUT2D eigenvalue weighted by Gasteiger charge is -2.11. The molecule has 1 aromatic carbocycles. The summed E-state index contributed by atoms with van der Waals surface area (Å²) >= 11 is 0. The highest BCUT2D eigenvalue weighted by Crippen LogP contribution is 2.32. The van der Waals surface area contributed by atoms with Gasteiger partial charge in [-0.2, -0.15) is 9.61 Å². The molecule has 0 aliphatic heterocycles. The molecule has 7 nitrogen and oxygen atoms in total. The molecule has 4 rings (SSSR count). The van der Waals surface area contributed by atoms with E-state index in [0.29, 0.717) is 22.8 Å². The molecule has 4 aromatic rings. The number of hydrogen-bond donors (Lipinski definition) is 1. The van der Waals surface area contributed by atoms with Gasteiger partial charge in [0, 0.05) is 23.9 Å². The minimum Gasteiger partial charge on any atom is -0.497 e. The number of ether oxygens (including phenoxy) is 2. The van der Waals surface area contributed by atoms with E-state index in [1.165, 1.54) is 10.6 Å². The first kappa shape index (κ1) is 15.9. The van der Waals surface area contributed by atoms with Gasteiger partial charge in [0.2, 0.25) is 0 Å². The molecule has 7 heteroatoms. The fraction of sp³-hybridized carbons (Fsp3) is 0.105. The molecule has 26 heavy (non-hydrogen) atoms. The van der Waals surface area contributed by atoms with Gasteiger partial charge in [0.05, 0.1) is 37.4 Å². The zero-order chi connectivity index (χ0) is 18.1. The van der Waals surface area contributed by atoms with E-state index in [9.17, 15) is 4.79 Å².